The number of hydrogen-bond acceptors (Lipinski definition) is 5. The molecular weight excluding hydrogens is 392 g/mol. The van der Waals surface area contributed by atoms with Crippen LogP contribution < -0.4 is 10.1 Å². The summed E-state index contributed by atoms with van der Waals surface area (Å²) in [5.74, 6) is 0.345. The number of nitrogens with one attached hydrogen (secondary N) is 1. The van der Waals surface area contributed by atoms with Crippen LogP contribution >= 0.6 is 0 Å². The predicted octanol–water partition coefficient (Wildman–Crippen LogP) is 2.00. The normalized spacial score (nSPS) is 14.6. The zero-order valence-electron chi connectivity index (χ0n) is 17.7. The number of aryl methyl sites for hydroxylation is 1. The number of carbonyl (C=O) groups is 1. The van der Waals surface area contributed by atoms with Crippen molar-refractivity contribution in [3.8, 4) is 17.0 Å². The van der Waals surface area contributed by atoms with E-state index in [0.717, 1.165) is 30.8 Å². The van der Waals surface area contributed by atoms with E-state index in [-0.39, 0.29) is 19.1 Å². The number of aromatic nitrogens is 2. The number of hydrogen-bond donors (Lipinski definition) is 2. The van der Waals surface area contributed by atoms with Gasteiger partial charge in [0.2, 0.25) is 0 Å². The van der Waals surface area contributed by atoms with Gasteiger partial charge in [-0.25, -0.2) is 4.98 Å². The number of ether oxygens (including phenoxy) is 1. The molecule has 0 fully saturated rings. The van der Waals surface area contributed by atoms with Gasteiger partial charge in [-0.1, -0.05) is 36.4 Å². The van der Waals surface area contributed by atoms with Crippen molar-refractivity contribution in [1.82, 2.24) is 19.8 Å². The van der Waals surface area contributed by atoms with E-state index in [0.29, 0.717) is 12.3 Å². The van der Waals surface area contributed by atoms with Gasteiger partial charge in [0.15, 0.2) is 6.61 Å². The maximum Gasteiger partial charge on any atom is 0.258 e. The lowest BCUT2D eigenvalue weighted by molar-refractivity contribution is -0.123. The Kier molecular flexibility index (Phi) is 6.64. The number of aliphatic hydroxyl groups excluding tert-OH is 1. The molecule has 4 rings (SSSR count). The van der Waals surface area contributed by atoms with Crippen LogP contribution in [0.1, 0.15) is 11.1 Å². The van der Waals surface area contributed by atoms with Gasteiger partial charge in [0.1, 0.15) is 5.75 Å². The molecule has 1 aliphatic heterocycles. The number of amides is 1. The molecule has 1 unspecified atom stereocenters. The molecule has 0 bridgehead atoms. The Morgan fingerprint density at radius 1 is 1.23 bits per heavy atom. The molecule has 1 aliphatic rings. The van der Waals surface area contributed by atoms with E-state index in [2.05, 4.69) is 33.4 Å². The van der Waals surface area contributed by atoms with Crippen LogP contribution in [0.15, 0.2) is 61.1 Å². The Morgan fingerprint density at radius 2 is 2.06 bits per heavy atom. The lowest BCUT2D eigenvalue weighted by Gasteiger charge is -2.30. The summed E-state index contributed by atoms with van der Waals surface area (Å²) in [6, 6.07) is 15.9. The molecule has 0 saturated carbocycles. The Balaban J connectivity index is 1.20. The van der Waals surface area contributed by atoms with Crippen molar-refractivity contribution < 1.29 is 14.6 Å². The summed E-state index contributed by atoms with van der Waals surface area (Å²) in [5.41, 5.74) is 4.47. The number of carbonyl (C=O) groups excluding carboxylic acids is 1. The van der Waals surface area contributed by atoms with Crippen LogP contribution in [0.4, 0.5) is 0 Å². The lowest BCUT2D eigenvalue weighted by atomic mass is 10.00. The van der Waals surface area contributed by atoms with E-state index in [9.17, 15) is 9.90 Å². The number of nitrogens with zero attached hydrogens (tertiary/aromatic N) is 3. The Bertz CT molecular complexity index is 1030. The molecule has 0 saturated heterocycles. The summed E-state index contributed by atoms with van der Waals surface area (Å²) >= 11 is 0. The number of benzene rings is 2. The van der Waals surface area contributed by atoms with Gasteiger partial charge in [-0.2, -0.15) is 0 Å². The van der Waals surface area contributed by atoms with E-state index in [4.69, 9.17) is 4.74 Å². The second-order valence-electron chi connectivity index (χ2n) is 7.95. The van der Waals surface area contributed by atoms with Crippen molar-refractivity contribution in [2.75, 3.05) is 26.2 Å². The highest BCUT2D eigenvalue weighted by Crippen LogP contribution is 2.22. The van der Waals surface area contributed by atoms with Crippen LogP contribution in [-0.4, -0.2) is 57.8 Å². The van der Waals surface area contributed by atoms with Gasteiger partial charge in [-0.3, -0.25) is 9.69 Å². The summed E-state index contributed by atoms with van der Waals surface area (Å²) in [4.78, 5) is 18.7. The SMILES string of the molecule is Cn1cnc(-c2cccc(OCC(=O)NCC(O)CN3CCc4ccccc4C3)c2)c1. The van der Waals surface area contributed by atoms with Crippen LogP contribution in [0.5, 0.6) is 5.75 Å². The van der Waals surface area contributed by atoms with Gasteiger partial charge in [0.25, 0.3) is 5.91 Å². The first kappa shape index (κ1) is 21.1. The first-order chi connectivity index (χ1) is 15.1. The molecule has 3 aromatic rings. The van der Waals surface area contributed by atoms with Gasteiger partial charge < -0.3 is 19.7 Å². The number of fused-ring (bicyclic) bond motifs is 1. The molecule has 162 valence electrons. The van der Waals surface area contributed by atoms with Gasteiger partial charge in [-0.05, 0) is 29.7 Å². The number of rotatable bonds is 8. The Labute approximate surface area is 182 Å². The molecule has 1 aromatic heterocycles. The smallest absolute Gasteiger partial charge is 0.258 e. The van der Waals surface area contributed by atoms with E-state index in [1.165, 1.54) is 11.1 Å². The second-order valence-corrected chi connectivity index (χ2v) is 7.95. The largest absolute Gasteiger partial charge is 0.484 e. The van der Waals surface area contributed by atoms with Crippen molar-refractivity contribution >= 4 is 5.91 Å². The molecule has 1 amide bonds. The van der Waals surface area contributed by atoms with Crippen LogP contribution in [0.3, 0.4) is 0 Å². The molecule has 2 N–H and O–H groups in total. The predicted molar refractivity (Wildman–Crippen MR) is 119 cm³/mol. The minimum atomic E-state index is -0.623. The van der Waals surface area contributed by atoms with Crippen molar-refractivity contribution in [1.29, 1.82) is 0 Å². The highest BCUT2D eigenvalue weighted by molar-refractivity contribution is 5.77. The Morgan fingerprint density at radius 3 is 2.87 bits per heavy atom. The number of aliphatic hydroxyl groups is 1. The summed E-state index contributed by atoms with van der Waals surface area (Å²) < 4.78 is 7.50. The number of β-amino-alcohol motifs (C(OH)–C–C–N with tert-alkyl or cyclic N) is 1. The second kappa shape index (κ2) is 9.76. The average Bonchev–Trinajstić information content (AvgIpc) is 3.23. The summed E-state index contributed by atoms with van der Waals surface area (Å²) in [6.45, 7) is 2.38. The lowest BCUT2D eigenvalue weighted by Crippen LogP contribution is -2.42. The maximum absolute atomic E-state index is 12.2. The van der Waals surface area contributed by atoms with E-state index >= 15 is 0 Å². The van der Waals surface area contributed by atoms with E-state index in [1.807, 2.05) is 48.1 Å². The van der Waals surface area contributed by atoms with Crippen LogP contribution in [0.2, 0.25) is 0 Å². The quantitative estimate of drug-likeness (QED) is 0.583. The van der Waals surface area contributed by atoms with Crippen LogP contribution in [0.25, 0.3) is 11.3 Å². The van der Waals surface area contributed by atoms with E-state index in [1.54, 1.807) is 6.33 Å². The van der Waals surface area contributed by atoms with Gasteiger partial charge in [-0.15, -0.1) is 0 Å². The third-order valence-electron chi connectivity index (χ3n) is 5.42. The summed E-state index contributed by atoms with van der Waals surface area (Å²) in [7, 11) is 1.92. The van der Waals surface area contributed by atoms with Crippen molar-refractivity contribution in [2.45, 2.75) is 19.1 Å². The van der Waals surface area contributed by atoms with Crippen LogP contribution in [0, 0.1) is 0 Å². The standard InChI is InChI=1S/C24H28N4O3/c1-27-15-23(26-17-27)19-7-4-8-22(11-19)31-16-24(30)25-12-21(29)14-28-10-9-18-5-2-3-6-20(18)13-28/h2-8,11,15,17,21,29H,9-10,12-14,16H2,1H3,(H,25,30). The third-order valence-corrected chi connectivity index (χ3v) is 5.42. The Hall–Kier alpha value is -3.16. The van der Waals surface area contributed by atoms with Gasteiger partial charge in [0.05, 0.1) is 18.1 Å². The third kappa shape index (κ3) is 5.71. The zero-order chi connectivity index (χ0) is 21.6. The van der Waals surface area contributed by atoms with Crippen molar-refractivity contribution in [2.24, 2.45) is 7.05 Å². The highest BCUT2D eigenvalue weighted by Gasteiger charge is 2.18. The van der Waals surface area contributed by atoms with Crippen molar-refractivity contribution in [3.63, 3.8) is 0 Å². The first-order valence-electron chi connectivity index (χ1n) is 10.5. The van der Waals surface area contributed by atoms with Gasteiger partial charge >= 0.3 is 0 Å². The molecule has 2 aromatic carbocycles. The molecule has 0 aliphatic carbocycles. The first-order valence-corrected chi connectivity index (χ1v) is 10.5. The fraction of sp³-hybridized carbons (Fsp3) is 0.333. The molecule has 31 heavy (non-hydrogen) atoms. The molecular formula is C24H28N4O3. The molecule has 0 radical (unpaired) electrons. The van der Waals surface area contributed by atoms with Gasteiger partial charge in [0, 0.05) is 45.0 Å². The van der Waals surface area contributed by atoms with E-state index < -0.39 is 6.10 Å². The fourth-order valence-corrected chi connectivity index (χ4v) is 3.81. The minimum Gasteiger partial charge on any atom is -0.484 e. The zero-order valence-corrected chi connectivity index (χ0v) is 17.7. The topological polar surface area (TPSA) is 79.6 Å². The molecule has 1 atom stereocenters. The maximum atomic E-state index is 12.2. The molecule has 7 heteroatoms. The number of imidazole rings is 1. The minimum absolute atomic E-state index is 0.102. The summed E-state index contributed by atoms with van der Waals surface area (Å²) in [5, 5.41) is 13.1. The van der Waals surface area contributed by atoms with Crippen molar-refractivity contribution in [3.05, 3.63) is 72.2 Å². The monoisotopic (exact) mass is 420 g/mol. The molecule has 0 spiro atoms. The molecule has 7 nitrogen and oxygen atoms in total. The average molecular weight is 421 g/mol. The highest BCUT2D eigenvalue weighted by atomic mass is 16.5. The van der Waals surface area contributed by atoms with Crippen LogP contribution in [-0.2, 0) is 24.8 Å². The summed E-state index contributed by atoms with van der Waals surface area (Å²) in [6.07, 6.45) is 4.03. The fourth-order valence-electron chi connectivity index (χ4n) is 3.81. The molecule has 2 heterocycles.